The molecule has 0 amide bonds. The largest absolute Gasteiger partial charge is 0.496 e. The van der Waals surface area contributed by atoms with Crippen molar-refractivity contribution in [3.8, 4) is 11.5 Å². The molecule has 4 rings (SSSR count). The number of hydrogen-bond acceptors (Lipinski definition) is 6. The van der Waals surface area contributed by atoms with Crippen molar-refractivity contribution in [1.82, 2.24) is 0 Å². The van der Waals surface area contributed by atoms with Crippen LogP contribution in [0, 0.1) is 13.8 Å². The van der Waals surface area contributed by atoms with Crippen LogP contribution >= 0.6 is 0 Å². The third-order valence-electron chi connectivity index (χ3n) is 5.25. The van der Waals surface area contributed by atoms with Gasteiger partial charge in [-0.25, -0.2) is 0 Å². The van der Waals surface area contributed by atoms with Gasteiger partial charge in [0.2, 0.25) is 0 Å². The lowest BCUT2D eigenvalue weighted by atomic mass is 9.79. The zero-order chi connectivity index (χ0) is 21.7. The van der Waals surface area contributed by atoms with Gasteiger partial charge in [0.15, 0.2) is 23.1 Å². The molecule has 0 unspecified atom stereocenters. The molecule has 6 heteroatoms. The van der Waals surface area contributed by atoms with Crippen molar-refractivity contribution in [1.29, 1.82) is 0 Å². The fourth-order valence-electron chi connectivity index (χ4n) is 3.90. The van der Waals surface area contributed by atoms with Crippen molar-refractivity contribution < 1.29 is 28.7 Å². The summed E-state index contributed by atoms with van der Waals surface area (Å²) in [7, 11) is 2.81. The van der Waals surface area contributed by atoms with Crippen LogP contribution in [0.1, 0.15) is 52.6 Å². The molecule has 0 radical (unpaired) electrons. The van der Waals surface area contributed by atoms with Crippen molar-refractivity contribution in [3.63, 3.8) is 0 Å². The van der Waals surface area contributed by atoms with E-state index in [4.69, 9.17) is 9.47 Å². The molecule has 0 N–H and O–H groups in total. The van der Waals surface area contributed by atoms with Gasteiger partial charge in [-0.3, -0.25) is 19.2 Å². The van der Waals surface area contributed by atoms with Gasteiger partial charge in [0.25, 0.3) is 0 Å². The number of Topliss-reactive ketones (excluding diaryl/α,β-unsaturated/α-hetero) is 2. The van der Waals surface area contributed by atoms with Crippen LogP contribution in [0.3, 0.4) is 0 Å². The number of aryl methyl sites for hydroxylation is 2. The van der Waals surface area contributed by atoms with Crippen molar-refractivity contribution in [2.75, 3.05) is 14.2 Å². The first-order chi connectivity index (χ1) is 14.3. The lowest BCUT2D eigenvalue weighted by Gasteiger charge is -2.23. The summed E-state index contributed by atoms with van der Waals surface area (Å²) < 4.78 is 10.6. The summed E-state index contributed by atoms with van der Waals surface area (Å²) in [6.07, 6.45) is 2.23. The minimum Gasteiger partial charge on any atom is -0.496 e. The predicted molar refractivity (Wildman–Crippen MR) is 109 cm³/mol. The first-order valence-corrected chi connectivity index (χ1v) is 9.26. The number of rotatable bonds is 3. The molecule has 0 saturated heterocycles. The molecule has 0 aliphatic heterocycles. The molecule has 0 heterocycles. The topological polar surface area (TPSA) is 86.7 Å². The van der Waals surface area contributed by atoms with Gasteiger partial charge in [-0.1, -0.05) is 0 Å². The van der Waals surface area contributed by atoms with Crippen molar-refractivity contribution in [3.05, 3.63) is 80.9 Å². The Hall–Kier alpha value is -3.80. The molecule has 30 heavy (non-hydrogen) atoms. The van der Waals surface area contributed by atoms with Crippen LogP contribution in [0.25, 0.3) is 0 Å². The van der Waals surface area contributed by atoms with Gasteiger partial charge in [-0.05, 0) is 61.4 Å². The van der Waals surface area contributed by atoms with Crippen LogP contribution in [-0.2, 0) is 0 Å². The number of hydrogen-bond donors (Lipinski definition) is 0. The SMILES string of the molecule is COc1cc(C)cc2c1C(=O)C(C1=CC(=O)c3cc(C)cc(OC)c3C1=O)=CC2=O. The van der Waals surface area contributed by atoms with E-state index in [1.165, 1.54) is 14.2 Å². The van der Waals surface area contributed by atoms with Crippen LogP contribution in [0.2, 0.25) is 0 Å². The summed E-state index contributed by atoms with van der Waals surface area (Å²) >= 11 is 0. The summed E-state index contributed by atoms with van der Waals surface area (Å²) in [5.74, 6) is -1.43. The standard InChI is InChI=1S/C24H18O6/c1-11-5-15-17(25)9-13(23(27)21(15)19(7-11)29-3)14-10-18(26)16-6-12(2)8-20(30-4)22(16)24(14)28/h5-10H,1-4H3. The summed E-state index contributed by atoms with van der Waals surface area (Å²) in [6, 6.07) is 6.51. The highest BCUT2D eigenvalue weighted by atomic mass is 16.5. The molecule has 0 atom stereocenters. The Kier molecular flexibility index (Phi) is 4.50. The average molecular weight is 402 g/mol. The summed E-state index contributed by atoms with van der Waals surface area (Å²) in [5.41, 5.74) is 1.89. The lowest BCUT2D eigenvalue weighted by Crippen LogP contribution is -2.26. The van der Waals surface area contributed by atoms with E-state index in [0.717, 1.165) is 23.3 Å². The van der Waals surface area contributed by atoms with E-state index in [-0.39, 0.29) is 44.9 Å². The highest BCUT2D eigenvalue weighted by Gasteiger charge is 2.37. The highest BCUT2D eigenvalue weighted by molar-refractivity contribution is 6.35. The van der Waals surface area contributed by atoms with Crippen LogP contribution in [-0.4, -0.2) is 37.4 Å². The third kappa shape index (κ3) is 2.80. The second-order valence-corrected chi connectivity index (χ2v) is 7.28. The molecular formula is C24H18O6. The average Bonchev–Trinajstić information content (AvgIpc) is 2.71. The maximum Gasteiger partial charge on any atom is 0.198 e. The monoisotopic (exact) mass is 402 g/mol. The second-order valence-electron chi connectivity index (χ2n) is 7.28. The number of ether oxygens (including phenoxy) is 2. The van der Waals surface area contributed by atoms with E-state index in [9.17, 15) is 19.2 Å². The zero-order valence-corrected chi connectivity index (χ0v) is 16.9. The third-order valence-corrected chi connectivity index (χ3v) is 5.25. The van der Waals surface area contributed by atoms with Gasteiger partial charge in [0.05, 0.1) is 25.3 Å². The fourth-order valence-corrected chi connectivity index (χ4v) is 3.90. The Morgan fingerprint density at radius 3 is 1.30 bits per heavy atom. The minimum absolute atomic E-state index is 0.0911. The van der Waals surface area contributed by atoms with E-state index < -0.39 is 23.1 Å². The number of methoxy groups -OCH3 is 2. The molecule has 6 nitrogen and oxygen atoms in total. The van der Waals surface area contributed by atoms with E-state index >= 15 is 0 Å². The van der Waals surface area contributed by atoms with Gasteiger partial charge >= 0.3 is 0 Å². The van der Waals surface area contributed by atoms with Crippen LogP contribution < -0.4 is 9.47 Å². The second kappa shape index (κ2) is 6.91. The molecule has 2 aliphatic carbocycles. The van der Waals surface area contributed by atoms with Gasteiger partial charge in [0.1, 0.15) is 11.5 Å². The Morgan fingerprint density at radius 2 is 0.967 bits per heavy atom. The molecule has 150 valence electrons. The first-order valence-electron chi connectivity index (χ1n) is 9.26. The first kappa shape index (κ1) is 19.5. The number of ketones is 4. The molecule has 0 spiro atoms. The smallest absolute Gasteiger partial charge is 0.198 e. The van der Waals surface area contributed by atoms with Crippen LogP contribution in [0.15, 0.2) is 47.6 Å². The molecule has 0 fully saturated rings. The van der Waals surface area contributed by atoms with Crippen molar-refractivity contribution >= 4 is 23.1 Å². The molecule has 0 aromatic heterocycles. The molecular weight excluding hydrogens is 384 g/mol. The van der Waals surface area contributed by atoms with E-state index in [1.807, 2.05) is 0 Å². The maximum atomic E-state index is 13.3. The zero-order valence-electron chi connectivity index (χ0n) is 16.9. The van der Waals surface area contributed by atoms with Crippen LogP contribution in [0.4, 0.5) is 0 Å². The quantitative estimate of drug-likeness (QED) is 0.779. The summed E-state index contributed by atoms with van der Waals surface area (Å²) in [5, 5.41) is 0. The number of allylic oxidation sites excluding steroid dienone is 4. The normalized spacial score (nSPS) is 15.3. The molecule has 0 saturated carbocycles. The molecule has 2 aliphatic rings. The van der Waals surface area contributed by atoms with E-state index in [0.29, 0.717) is 0 Å². The van der Waals surface area contributed by atoms with Crippen molar-refractivity contribution in [2.45, 2.75) is 13.8 Å². The number of benzene rings is 2. The van der Waals surface area contributed by atoms with Gasteiger partial charge in [0, 0.05) is 22.3 Å². The lowest BCUT2D eigenvalue weighted by molar-refractivity contribution is 0.0959. The Labute approximate surface area is 172 Å². The van der Waals surface area contributed by atoms with Crippen LogP contribution in [0.5, 0.6) is 11.5 Å². The molecule has 0 bridgehead atoms. The maximum absolute atomic E-state index is 13.3. The van der Waals surface area contributed by atoms with E-state index in [2.05, 4.69) is 0 Å². The van der Waals surface area contributed by atoms with Crippen molar-refractivity contribution in [2.24, 2.45) is 0 Å². The fraction of sp³-hybridized carbons (Fsp3) is 0.167. The summed E-state index contributed by atoms with van der Waals surface area (Å²) in [6.45, 7) is 3.58. The molecule has 2 aromatic carbocycles. The Morgan fingerprint density at radius 1 is 0.600 bits per heavy atom. The number of fused-ring (bicyclic) bond motifs is 2. The molecule has 2 aromatic rings. The Balaban J connectivity index is 1.89. The Bertz CT molecular complexity index is 1150. The number of carbonyl (C=O) groups is 4. The minimum atomic E-state index is -0.539. The summed E-state index contributed by atoms with van der Waals surface area (Å²) in [4.78, 5) is 52.1. The predicted octanol–water partition coefficient (Wildman–Crippen LogP) is 3.63. The van der Waals surface area contributed by atoms with Gasteiger partial charge < -0.3 is 9.47 Å². The number of carbonyl (C=O) groups excluding carboxylic acids is 4. The highest BCUT2D eigenvalue weighted by Crippen LogP contribution is 2.38. The van der Waals surface area contributed by atoms with Gasteiger partial charge in [-0.15, -0.1) is 0 Å². The van der Waals surface area contributed by atoms with Gasteiger partial charge in [-0.2, -0.15) is 0 Å². The van der Waals surface area contributed by atoms with E-state index in [1.54, 1.807) is 38.1 Å².